The van der Waals surface area contributed by atoms with Gasteiger partial charge in [-0.3, -0.25) is 4.99 Å². The Kier molecular flexibility index (Phi) is 4.29. The van der Waals surface area contributed by atoms with Gasteiger partial charge < -0.3 is 4.90 Å². The molecule has 0 radical (unpaired) electrons. The van der Waals surface area contributed by atoms with Gasteiger partial charge in [0.05, 0.1) is 23.6 Å². The van der Waals surface area contributed by atoms with E-state index in [2.05, 4.69) is 4.99 Å². The van der Waals surface area contributed by atoms with Gasteiger partial charge in [-0.2, -0.15) is 0 Å². The molecule has 2 aromatic rings. The highest BCUT2D eigenvalue weighted by atomic mass is 32.2. The van der Waals surface area contributed by atoms with Crippen LogP contribution in [0.1, 0.15) is 5.56 Å². The minimum absolute atomic E-state index is 0.113. The lowest BCUT2D eigenvalue weighted by atomic mass is 10.1. The molecule has 0 aromatic heterocycles. The molecule has 2 aromatic carbocycles. The van der Waals surface area contributed by atoms with Crippen LogP contribution in [0.4, 0.5) is 10.1 Å². The van der Waals surface area contributed by atoms with Crippen LogP contribution in [0.5, 0.6) is 0 Å². The summed E-state index contributed by atoms with van der Waals surface area (Å²) in [7, 11) is -3.04. The van der Waals surface area contributed by atoms with Crippen molar-refractivity contribution in [1.82, 2.24) is 0 Å². The Balaban J connectivity index is 1.59. The lowest BCUT2D eigenvalue weighted by Crippen LogP contribution is -2.39. The summed E-state index contributed by atoms with van der Waals surface area (Å²) in [6.07, 6.45) is 0. The van der Waals surface area contributed by atoms with Gasteiger partial charge in [0, 0.05) is 11.4 Å². The average molecular weight is 376 g/mol. The molecule has 1 fully saturated rings. The van der Waals surface area contributed by atoms with E-state index in [1.54, 1.807) is 23.9 Å². The topological polar surface area (TPSA) is 49.7 Å². The van der Waals surface area contributed by atoms with Crippen molar-refractivity contribution in [3.05, 3.63) is 66.0 Å². The summed E-state index contributed by atoms with van der Waals surface area (Å²) in [5.41, 5.74) is 1.96. The van der Waals surface area contributed by atoms with Crippen LogP contribution in [0.15, 0.2) is 59.6 Å². The largest absolute Gasteiger partial charge is 0.315 e. The zero-order valence-corrected chi connectivity index (χ0v) is 15.0. The molecule has 25 heavy (non-hydrogen) atoms. The second-order valence-electron chi connectivity index (χ2n) is 6.24. The number of amidine groups is 1. The SMILES string of the molecule is O=S1(=O)C[C@@H]2[C@@H](C1)N=C(SCc1ccc(F)cc1)N2c1ccccc1. The molecule has 0 unspecified atom stereocenters. The number of anilines is 1. The maximum Gasteiger partial charge on any atom is 0.164 e. The van der Waals surface area contributed by atoms with Crippen molar-refractivity contribution >= 4 is 32.5 Å². The first kappa shape index (κ1) is 16.6. The summed E-state index contributed by atoms with van der Waals surface area (Å²) < 4.78 is 37.0. The molecule has 2 heterocycles. The first-order valence-electron chi connectivity index (χ1n) is 8.02. The number of hydrogen-bond donors (Lipinski definition) is 0. The Morgan fingerprint density at radius 2 is 1.80 bits per heavy atom. The normalized spacial score (nSPS) is 24.2. The molecule has 0 spiro atoms. The molecule has 2 aliphatic heterocycles. The third kappa shape index (κ3) is 3.43. The van der Waals surface area contributed by atoms with Gasteiger partial charge >= 0.3 is 0 Å². The van der Waals surface area contributed by atoms with Crippen LogP contribution >= 0.6 is 11.8 Å². The first-order valence-corrected chi connectivity index (χ1v) is 10.8. The van der Waals surface area contributed by atoms with Gasteiger partial charge in [-0.1, -0.05) is 42.1 Å². The van der Waals surface area contributed by atoms with E-state index in [-0.39, 0.29) is 29.4 Å². The van der Waals surface area contributed by atoms with Gasteiger partial charge in [0.25, 0.3) is 0 Å². The maximum absolute atomic E-state index is 13.0. The van der Waals surface area contributed by atoms with E-state index in [9.17, 15) is 12.8 Å². The van der Waals surface area contributed by atoms with Crippen molar-refractivity contribution in [3.8, 4) is 0 Å². The zero-order chi connectivity index (χ0) is 17.4. The Hall–Kier alpha value is -1.86. The molecular weight excluding hydrogens is 359 g/mol. The van der Waals surface area contributed by atoms with Gasteiger partial charge in [-0.25, -0.2) is 12.8 Å². The van der Waals surface area contributed by atoms with Gasteiger partial charge in [0.2, 0.25) is 0 Å². The summed E-state index contributed by atoms with van der Waals surface area (Å²) in [5.74, 6) is 0.657. The molecule has 2 aliphatic rings. The number of rotatable bonds is 3. The van der Waals surface area contributed by atoms with E-state index in [4.69, 9.17) is 0 Å². The number of halogens is 1. The molecule has 4 nitrogen and oxygen atoms in total. The highest BCUT2D eigenvalue weighted by molar-refractivity contribution is 8.13. The van der Waals surface area contributed by atoms with E-state index in [0.717, 1.165) is 16.4 Å². The fourth-order valence-electron chi connectivity index (χ4n) is 3.25. The van der Waals surface area contributed by atoms with Crippen molar-refractivity contribution in [2.75, 3.05) is 16.4 Å². The second kappa shape index (κ2) is 6.46. The highest BCUT2D eigenvalue weighted by Crippen LogP contribution is 2.35. The molecule has 0 bridgehead atoms. The van der Waals surface area contributed by atoms with Crippen molar-refractivity contribution < 1.29 is 12.8 Å². The summed E-state index contributed by atoms with van der Waals surface area (Å²) in [4.78, 5) is 6.73. The standard InChI is InChI=1S/C18H17FN2O2S2/c19-14-8-6-13(7-9-14)10-24-18-20-16-11-25(22,23)12-17(16)21(18)15-4-2-1-3-5-15/h1-9,16-17H,10-12H2/t16-,17-/m1/s1. The molecule has 0 saturated carbocycles. The fourth-order valence-corrected chi connectivity index (χ4v) is 6.17. The number of sulfone groups is 1. The smallest absolute Gasteiger partial charge is 0.164 e. The number of thioether (sulfide) groups is 1. The van der Waals surface area contributed by atoms with Crippen LogP contribution in [0.3, 0.4) is 0 Å². The third-order valence-electron chi connectivity index (χ3n) is 4.42. The Bertz CT molecular complexity index is 898. The molecule has 0 aliphatic carbocycles. The summed E-state index contributed by atoms with van der Waals surface area (Å²) in [6.45, 7) is 0. The van der Waals surface area contributed by atoms with Crippen molar-refractivity contribution in [3.63, 3.8) is 0 Å². The van der Waals surface area contributed by atoms with E-state index in [1.165, 1.54) is 12.1 Å². The van der Waals surface area contributed by atoms with E-state index < -0.39 is 9.84 Å². The fraction of sp³-hybridized carbons (Fsp3) is 0.278. The van der Waals surface area contributed by atoms with Crippen LogP contribution in [-0.4, -0.2) is 37.2 Å². The molecule has 4 rings (SSSR count). The Morgan fingerprint density at radius 1 is 1.08 bits per heavy atom. The highest BCUT2D eigenvalue weighted by Gasteiger charge is 2.47. The van der Waals surface area contributed by atoms with Crippen LogP contribution in [0.2, 0.25) is 0 Å². The summed E-state index contributed by atoms with van der Waals surface area (Å²) >= 11 is 1.56. The second-order valence-corrected chi connectivity index (χ2v) is 9.34. The number of hydrogen-bond acceptors (Lipinski definition) is 5. The third-order valence-corrected chi connectivity index (χ3v) is 7.16. The quantitative estimate of drug-likeness (QED) is 0.826. The van der Waals surface area contributed by atoms with Crippen molar-refractivity contribution in [2.24, 2.45) is 4.99 Å². The van der Waals surface area contributed by atoms with E-state index in [0.29, 0.717) is 5.75 Å². The number of nitrogens with zero attached hydrogens (tertiary/aromatic N) is 2. The van der Waals surface area contributed by atoms with Crippen LogP contribution < -0.4 is 4.90 Å². The number of fused-ring (bicyclic) bond motifs is 1. The van der Waals surface area contributed by atoms with E-state index >= 15 is 0 Å². The molecule has 2 atom stereocenters. The van der Waals surface area contributed by atoms with Crippen LogP contribution in [-0.2, 0) is 15.6 Å². The Morgan fingerprint density at radius 3 is 2.52 bits per heavy atom. The average Bonchev–Trinajstić information content (AvgIpc) is 3.06. The van der Waals surface area contributed by atoms with Gasteiger partial charge in [0.1, 0.15) is 5.82 Å². The van der Waals surface area contributed by atoms with Crippen molar-refractivity contribution in [1.29, 1.82) is 0 Å². The summed E-state index contributed by atoms with van der Waals surface area (Å²) in [6, 6.07) is 15.8. The summed E-state index contributed by atoms with van der Waals surface area (Å²) in [5, 5.41) is 0.834. The predicted octanol–water partition coefficient (Wildman–Crippen LogP) is 3.10. The Labute approximate surface area is 150 Å². The lowest BCUT2D eigenvalue weighted by Gasteiger charge is -2.26. The molecule has 130 valence electrons. The monoisotopic (exact) mass is 376 g/mol. The van der Waals surface area contributed by atoms with Crippen LogP contribution in [0, 0.1) is 5.82 Å². The molecular formula is C18H17FN2O2S2. The molecule has 1 saturated heterocycles. The zero-order valence-electron chi connectivity index (χ0n) is 13.4. The number of aliphatic imine (C=N–C) groups is 1. The van der Waals surface area contributed by atoms with E-state index in [1.807, 2.05) is 35.2 Å². The van der Waals surface area contributed by atoms with Gasteiger partial charge in [0.15, 0.2) is 15.0 Å². The minimum atomic E-state index is -3.04. The first-order chi connectivity index (χ1) is 12.0. The predicted molar refractivity (Wildman–Crippen MR) is 100 cm³/mol. The molecule has 7 heteroatoms. The van der Waals surface area contributed by atoms with Crippen molar-refractivity contribution in [2.45, 2.75) is 17.8 Å². The lowest BCUT2D eigenvalue weighted by molar-refractivity contribution is 0.601. The molecule has 0 N–H and O–H groups in total. The molecule has 0 amide bonds. The minimum Gasteiger partial charge on any atom is -0.315 e. The number of benzene rings is 2. The number of para-hydroxylation sites is 1. The van der Waals surface area contributed by atoms with Gasteiger partial charge in [-0.15, -0.1) is 0 Å². The maximum atomic E-state index is 13.0. The van der Waals surface area contributed by atoms with Crippen LogP contribution in [0.25, 0.3) is 0 Å². The van der Waals surface area contributed by atoms with Gasteiger partial charge in [-0.05, 0) is 29.8 Å².